The van der Waals surface area contributed by atoms with Crippen LogP contribution >= 0.6 is 0 Å². The first-order chi connectivity index (χ1) is 6.59. The van der Waals surface area contributed by atoms with Crippen molar-refractivity contribution in [2.24, 2.45) is 0 Å². The van der Waals surface area contributed by atoms with Crippen LogP contribution in [0.25, 0.3) is 0 Å². The summed E-state index contributed by atoms with van der Waals surface area (Å²) in [5, 5.41) is 19.0. The monoisotopic (exact) mass is 199 g/mol. The molecule has 0 aromatic carbocycles. The van der Waals surface area contributed by atoms with Crippen LogP contribution < -0.4 is 4.57 Å². The molecule has 1 aliphatic rings. The number of ether oxygens (including phenoxy) is 1. The number of hydrogen-bond donors (Lipinski definition) is 2. The molecule has 5 nitrogen and oxygen atoms in total. The molecule has 4 unspecified atom stereocenters. The van der Waals surface area contributed by atoms with Gasteiger partial charge in [0.2, 0.25) is 18.8 Å². The van der Waals surface area contributed by atoms with Crippen molar-refractivity contribution < 1.29 is 19.5 Å². The largest absolute Gasteiger partial charge is 0.386 e. The zero-order valence-corrected chi connectivity index (χ0v) is 8.24. The van der Waals surface area contributed by atoms with E-state index in [1.54, 1.807) is 23.0 Å². The SMILES string of the molecule is CC(O)C1OC(C(C)O)[n+]2ccn1c2. The molecule has 2 bridgehead atoms. The second-order valence-corrected chi connectivity index (χ2v) is 3.71. The molecular weight excluding hydrogens is 184 g/mol. The number of aromatic nitrogens is 2. The Morgan fingerprint density at radius 2 is 2.07 bits per heavy atom. The number of aliphatic hydroxyl groups is 2. The molecule has 78 valence electrons. The Kier molecular flexibility index (Phi) is 2.30. The molecule has 0 aliphatic carbocycles. The van der Waals surface area contributed by atoms with Gasteiger partial charge in [-0.05, 0) is 13.8 Å². The fourth-order valence-corrected chi connectivity index (χ4v) is 1.69. The minimum absolute atomic E-state index is 0.412. The molecule has 0 saturated heterocycles. The van der Waals surface area contributed by atoms with Gasteiger partial charge in [-0.1, -0.05) is 0 Å². The maximum atomic E-state index is 9.48. The summed E-state index contributed by atoms with van der Waals surface area (Å²) in [6.07, 6.45) is 3.43. The molecule has 4 atom stereocenters. The van der Waals surface area contributed by atoms with E-state index in [0.717, 1.165) is 0 Å². The van der Waals surface area contributed by atoms with Gasteiger partial charge in [0.05, 0.1) is 0 Å². The van der Waals surface area contributed by atoms with Gasteiger partial charge in [0.25, 0.3) is 0 Å². The fourth-order valence-electron chi connectivity index (χ4n) is 1.69. The maximum absolute atomic E-state index is 9.48. The van der Waals surface area contributed by atoms with Crippen molar-refractivity contribution in [3.8, 4) is 0 Å². The summed E-state index contributed by atoms with van der Waals surface area (Å²) in [4.78, 5) is 0. The summed E-state index contributed by atoms with van der Waals surface area (Å²) in [5.74, 6) is 0. The predicted molar refractivity (Wildman–Crippen MR) is 47.1 cm³/mol. The number of aliphatic hydroxyl groups excluding tert-OH is 2. The fraction of sp³-hybridized carbons (Fsp3) is 0.667. The number of nitrogens with zero attached hydrogens (tertiary/aromatic N) is 2. The minimum atomic E-state index is -0.600. The Bertz CT molecular complexity index is 293. The van der Waals surface area contributed by atoms with E-state index in [9.17, 15) is 10.2 Å². The van der Waals surface area contributed by atoms with Crippen molar-refractivity contribution in [1.82, 2.24) is 4.57 Å². The van der Waals surface area contributed by atoms with Crippen LogP contribution in [0, 0.1) is 0 Å². The van der Waals surface area contributed by atoms with E-state index in [0.29, 0.717) is 0 Å². The van der Waals surface area contributed by atoms with Crippen LogP contribution in [-0.2, 0) is 4.74 Å². The molecule has 0 fully saturated rings. The summed E-state index contributed by atoms with van der Waals surface area (Å²) in [6.45, 7) is 3.33. The Morgan fingerprint density at radius 3 is 2.64 bits per heavy atom. The average molecular weight is 199 g/mol. The summed E-state index contributed by atoms with van der Waals surface area (Å²) >= 11 is 0. The molecule has 1 aliphatic heterocycles. The molecule has 0 radical (unpaired) electrons. The van der Waals surface area contributed by atoms with Crippen molar-refractivity contribution in [3.63, 3.8) is 0 Å². The minimum Gasteiger partial charge on any atom is -0.386 e. The number of imidazole rings is 1. The van der Waals surface area contributed by atoms with E-state index >= 15 is 0 Å². The summed E-state index contributed by atoms with van der Waals surface area (Å²) in [7, 11) is 0. The average Bonchev–Trinajstić information content (AvgIpc) is 2.48. The molecule has 2 N–H and O–H groups in total. The van der Waals surface area contributed by atoms with E-state index in [-0.39, 0.29) is 0 Å². The lowest BCUT2D eigenvalue weighted by atomic mass is 10.3. The smallest absolute Gasteiger partial charge is 0.248 e. The van der Waals surface area contributed by atoms with E-state index in [4.69, 9.17) is 4.74 Å². The number of fused-ring (bicyclic) bond motifs is 2. The third-order valence-corrected chi connectivity index (χ3v) is 2.37. The van der Waals surface area contributed by atoms with Gasteiger partial charge in [0, 0.05) is 0 Å². The molecule has 1 aromatic rings. The second-order valence-electron chi connectivity index (χ2n) is 3.71. The molecule has 1 aromatic heterocycles. The van der Waals surface area contributed by atoms with Gasteiger partial charge in [-0.25, -0.2) is 9.13 Å². The summed E-state index contributed by atoms with van der Waals surface area (Å²) in [6, 6.07) is 0. The van der Waals surface area contributed by atoms with E-state index in [1.165, 1.54) is 0 Å². The Morgan fingerprint density at radius 1 is 1.36 bits per heavy atom. The van der Waals surface area contributed by atoms with Crippen LogP contribution in [0.5, 0.6) is 0 Å². The third-order valence-electron chi connectivity index (χ3n) is 2.37. The van der Waals surface area contributed by atoms with Gasteiger partial charge in [-0.2, -0.15) is 0 Å². The molecule has 0 saturated carbocycles. The lowest BCUT2D eigenvalue weighted by molar-refractivity contribution is -0.781. The molecule has 0 amide bonds. The van der Waals surface area contributed by atoms with Crippen molar-refractivity contribution in [2.45, 2.75) is 38.5 Å². The summed E-state index contributed by atoms with van der Waals surface area (Å²) < 4.78 is 9.12. The van der Waals surface area contributed by atoms with Crippen LogP contribution in [0.15, 0.2) is 18.7 Å². The Labute approximate surface area is 82.2 Å². The molecule has 5 heteroatoms. The molecule has 14 heavy (non-hydrogen) atoms. The van der Waals surface area contributed by atoms with Crippen LogP contribution in [0.3, 0.4) is 0 Å². The lowest BCUT2D eigenvalue weighted by Gasteiger charge is -2.26. The Balaban J connectivity index is 2.30. The van der Waals surface area contributed by atoms with Crippen molar-refractivity contribution in [3.05, 3.63) is 18.7 Å². The molecule has 2 heterocycles. The molecular formula is C9H15N2O3+. The number of rotatable bonds is 2. The maximum Gasteiger partial charge on any atom is 0.248 e. The van der Waals surface area contributed by atoms with Gasteiger partial charge in [0.1, 0.15) is 24.6 Å². The van der Waals surface area contributed by atoms with Crippen LogP contribution in [-0.4, -0.2) is 27.0 Å². The van der Waals surface area contributed by atoms with Crippen molar-refractivity contribution in [1.29, 1.82) is 0 Å². The highest BCUT2D eigenvalue weighted by atomic mass is 16.5. The quantitative estimate of drug-likeness (QED) is 0.635. The molecule has 2 rings (SSSR count). The second kappa shape index (κ2) is 3.34. The highest BCUT2D eigenvalue weighted by Gasteiger charge is 2.37. The van der Waals surface area contributed by atoms with Crippen LogP contribution in [0.1, 0.15) is 26.3 Å². The van der Waals surface area contributed by atoms with Gasteiger partial charge < -0.3 is 10.2 Å². The lowest BCUT2D eigenvalue weighted by Crippen LogP contribution is -2.50. The van der Waals surface area contributed by atoms with Gasteiger partial charge >= 0.3 is 0 Å². The van der Waals surface area contributed by atoms with Crippen LogP contribution in [0.4, 0.5) is 0 Å². The third kappa shape index (κ3) is 1.43. The Hall–Kier alpha value is -0.910. The van der Waals surface area contributed by atoms with E-state index < -0.39 is 24.7 Å². The first kappa shape index (κ1) is 9.64. The normalized spacial score (nSPS) is 30.0. The van der Waals surface area contributed by atoms with Gasteiger partial charge in [-0.3, -0.25) is 4.74 Å². The standard InChI is InChI=1S/C9H15N2O3/c1-6(12)8-10-3-4-11(5-10)9(14-8)7(2)13/h3-9,12-13H,1-2H3/q+1. The van der Waals surface area contributed by atoms with Gasteiger partial charge in [0.15, 0.2) is 0 Å². The van der Waals surface area contributed by atoms with E-state index in [1.807, 2.05) is 18.7 Å². The predicted octanol–water partition coefficient (Wildman–Crippen LogP) is -0.435. The van der Waals surface area contributed by atoms with E-state index in [2.05, 4.69) is 0 Å². The van der Waals surface area contributed by atoms with Gasteiger partial charge in [-0.15, -0.1) is 0 Å². The van der Waals surface area contributed by atoms with Crippen molar-refractivity contribution >= 4 is 0 Å². The zero-order valence-electron chi connectivity index (χ0n) is 8.24. The topological polar surface area (TPSA) is 58.5 Å². The first-order valence-electron chi connectivity index (χ1n) is 4.69. The van der Waals surface area contributed by atoms with Crippen LogP contribution in [0.2, 0.25) is 0 Å². The van der Waals surface area contributed by atoms with Crippen molar-refractivity contribution in [2.75, 3.05) is 0 Å². The zero-order chi connectivity index (χ0) is 10.3. The highest BCUT2D eigenvalue weighted by Crippen LogP contribution is 2.23. The first-order valence-corrected chi connectivity index (χ1v) is 4.69. The molecule has 0 spiro atoms. The highest BCUT2D eigenvalue weighted by molar-refractivity contribution is 4.77. The number of hydrogen-bond acceptors (Lipinski definition) is 3. The summed E-state index contributed by atoms with van der Waals surface area (Å²) in [5.41, 5.74) is 0.